The van der Waals surface area contributed by atoms with Crippen molar-refractivity contribution in [1.29, 1.82) is 10.5 Å². The third-order valence-electron chi connectivity index (χ3n) is 11.9. The van der Waals surface area contributed by atoms with Gasteiger partial charge < -0.3 is 9.47 Å². The number of nitriles is 2. The van der Waals surface area contributed by atoms with E-state index >= 15 is 0 Å². The molecule has 2 saturated carbocycles. The Bertz CT molecular complexity index is 1870. The highest BCUT2D eigenvalue weighted by atomic mass is 19.1. The summed E-state index contributed by atoms with van der Waals surface area (Å²) in [6, 6.07) is 26.2. The first kappa shape index (κ1) is 43.8. The normalized spacial score (nSPS) is 18.8. The first-order chi connectivity index (χ1) is 28.2. The highest BCUT2D eigenvalue weighted by molar-refractivity contribution is 5.91. The number of esters is 2. The smallest absolute Gasteiger partial charge is 0.343 e. The monoisotopic (exact) mass is 786 g/mol. The van der Waals surface area contributed by atoms with Gasteiger partial charge in [0.15, 0.2) is 0 Å². The summed E-state index contributed by atoms with van der Waals surface area (Å²) in [4.78, 5) is 24.7. The number of hydrogen-bond acceptors (Lipinski definition) is 6. The van der Waals surface area contributed by atoms with Crippen molar-refractivity contribution < 1.29 is 27.8 Å². The molecule has 0 radical (unpaired) electrons. The van der Waals surface area contributed by atoms with Gasteiger partial charge in [0.25, 0.3) is 0 Å². The van der Waals surface area contributed by atoms with E-state index < -0.39 is 23.6 Å². The summed E-state index contributed by atoms with van der Waals surface area (Å²) in [7, 11) is 0. The van der Waals surface area contributed by atoms with Gasteiger partial charge in [-0.1, -0.05) is 89.5 Å². The minimum Gasteiger partial charge on any atom is -0.423 e. The minimum atomic E-state index is -0.696. The molecule has 2 aliphatic carbocycles. The Morgan fingerprint density at radius 1 is 0.552 bits per heavy atom. The number of halogens is 2. The summed E-state index contributed by atoms with van der Waals surface area (Å²) in [5.74, 6) is 0.622. The van der Waals surface area contributed by atoms with E-state index in [2.05, 4.69) is 13.8 Å². The minimum absolute atomic E-state index is 0.0748. The van der Waals surface area contributed by atoms with E-state index in [1.165, 1.54) is 138 Å². The molecule has 2 fully saturated rings. The lowest BCUT2D eigenvalue weighted by molar-refractivity contribution is 0.0724. The van der Waals surface area contributed by atoms with Crippen LogP contribution in [0.5, 0.6) is 11.5 Å². The fourth-order valence-corrected chi connectivity index (χ4v) is 8.35. The second-order valence-corrected chi connectivity index (χ2v) is 16.0. The first-order valence-corrected chi connectivity index (χ1v) is 21.2. The van der Waals surface area contributed by atoms with Crippen LogP contribution in [0.25, 0.3) is 0 Å². The molecule has 0 aromatic heterocycles. The summed E-state index contributed by atoms with van der Waals surface area (Å²) in [6.07, 6.45) is 20.7. The summed E-state index contributed by atoms with van der Waals surface area (Å²) in [6.45, 7) is 4.50. The second-order valence-electron chi connectivity index (χ2n) is 16.0. The molecule has 58 heavy (non-hydrogen) atoms. The number of nitrogens with zero attached hydrogens (tertiary/aromatic N) is 2. The summed E-state index contributed by atoms with van der Waals surface area (Å²) < 4.78 is 37.8. The Morgan fingerprint density at radius 3 is 1.22 bits per heavy atom. The molecule has 0 aliphatic heterocycles. The first-order valence-electron chi connectivity index (χ1n) is 21.2. The molecule has 0 heterocycles. The fourth-order valence-electron chi connectivity index (χ4n) is 8.35. The van der Waals surface area contributed by atoms with Crippen molar-refractivity contribution in [3.05, 3.63) is 130 Å². The van der Waals surface area contributed by atoms with Gasteiger partial charge in [-0.25, -0.2) is 18.4 Å². The van der Waals surface area contributed by atoms with Crippen LogP contribution in [0.1, 0.15) is 171 Å². The molecule has 8 heteroatoms. The van der Waals surface area contributed by atoms with Gasteiger partial charge >= 0.3 is 11.9 Å². The number of benzene rings is 4. The molecule has 0 amide bonds. The molecular formula is C50H56F2N2O4. The lowest BCUT2D eigenvalue weighted by Crippen LogP contribution is -2.14. The zero-order valence-corrected chi connectivity index (χ0v) is 34.0. The summed E-state index contributed by atoms with van der Waals surface area (Å²) >= 11 is 0. The largest absolute Gasteiger partial charge is 0.423 e. The lowest BCUT2D eigenvalue weighted by atomic mass is 9.77. The second kappa shape index (κ2) is 22.6. The molecule has 0 unspecified atom stereocenters. The Labute approximate surface area is 343 Å². The van der Waals surface area contributed by atoms with Crippen molar-refractivity contribution >= 4 is 11.9 Å². The Hall–Kier alpha value is -5.34. The van der Waals surface area contributed by atoms with E-state index in [-0.39, 0.29) is 22.6 Å². The van der Waals surface area contributed by atoms with Crippen molar-refractivity contribution in [2.75, 3.05) is 0 Å². The van der Waals surface area contributed by atoms with Crippen LogP contribution < -0.4 is 9.47 Å². The number of unbranched alkanes of at least 4 members (excludes halogenated alkanes) is 4. The van der Waals surface area contributed by atoms with Gasteiger partial charge in [-0.2, -0.15) is 10.5 Å². The van der Waals surface area contributed by atoms with Crippen molar-refractivity contribution in [1.82, 2.24) is 0 Å². The molecule has 6 nitrogen and oxygen atoms in total. The van der Waals surface area contributed by atoms with E-state index in [0.717, 1.165) is 24.0 Å². The standard InChI is InChI=1S/2C25H28FNO2/c2*1-2-3-4-5-18-6-8-19(9-7-18)20-10-12-21(13-11-20)25(28)29-23-15-14-22(17-27)24(26)16-23/h2*10-16,18-19H,2-9H2,1H3. The highest BCUT2D eigenvalue weighted by Crippen LogP contribution is 2.39. The summed E-state index contributed by atoms with van der Waals surface area (Å²) in [5, 5.41) is 17.5. The third-order valence-corrected chi connectivity index (χ3v) is 11.9. The van der Waals surface area contributed by atoms with Gasteiger partial charge in [0.1, 0.15) is 35.3 Å². The topological polar surface area (TPSA) is 100 Å². The van der Waals surface area contributed by atoms with E-state index in [4.69, 9.17) is 20.0 Å². The van der Waals surface area contributed by atoms with Gasteiger partial charge in [0.2, 0.25) is 0 Å². The molecule has 0 atom stereocenters. The molecule has 304 valence electrons. The SMILES string of the molecule is CCCCCC1CCC(c2ccc(C(=O)Oc3ccc(C#N)c(F)c3)cc2)CC1.CCCCCC1CCC(c2ccc(C(=O)Oc3ccc(C#N)c(F)c3)cc2)CC1. The van der Waals surface area contributed by atoms with E-state index in [1.807, 2.05) is 24.3 Å². The highest BCUT2D eigenvalue weighted by Gasteiger charge is 2.24. The molecule has 4 aromatic rings. The zero-order chi connectivity index (χ0) is 41.3. The maximum absolute atomic E-state index is 13.7. The van der Waals surface area contributed by atoms with Crippen LogP contribution in [0.4, 0.5) is 8.78 Å². The molecule has 6 rings (SSSR count). The predicted octanol–water partition coefficient (Wildman–Crippen LogP) is 13.5. The molecule has 0 N–H and O–H groups in total. The number of carbonyl (C=O) groups excluding carboxylic acids is 2. The quantitative estimate of drug-likeness (QED) is 0.0717. The van der Waals surface area contributed by atoms with E-state index in [1.54, 1.807) is 36.4 Å². The number of ether oxygens (including phenoxy) is 2. The maximum atomic E-state index is 13.7. The molecule has 0 spiro atoms. The van der Waals surface area contributed by atoms with Gasteiger partial charge in [-0.15, -0.1) is 0 Å². The Balaban J connectivity index is 0.000000221. The van der Waals surface area contributed by atoms with Crippen molar-refractivity contribution in [2.45, 2.75) is 128 Å². The van der Waals surface area contributed by atoms with Crippen LogP contribution in [0.2, 0.25) is 0 Å². The lowest BCUT2D eigenvalue weighted by Gasteiger charge is -2.29. The van der Waals surface area contributed by atoms with Crippen LogP contribution in [-0.4, -0.2) is 11.9 Å². The van der Waals surface area contributed by atoms with Crippen molar-refractivity contribution in [3.63, 3.8) is 0 Å². The average molecular weight is 787 g/mol. The molecule has 0 saturated heterocycles. The number of carbonyl (C=O) groups is 2. The van der Waals surface area contributed by atoms with E-state index in [9.17, 15) is 18.4 Å². The Kier molecular flexibility index (Phi) is 17.0. The molecule has 4 aromatic carbocycles. The van der Waals surface area contributed by atoms with Crippen LogP contribution in [0.3, 0.4) is 0 Å². The van der Waals surface area contributed by atoms with Crippen molar-refractivity contribution in [2.24, 2.45) is 11.8 Å². The third kappa shape index (κ3) is 12.8. The average Bonchev–Trinajstić information content (AvgIpc) is 3.25. The molecule has 0 bridgehead atoms. The molecule has 2 aliphatic rings. The maximum Gasteiger partial charge on any atom is 0.343 e. The van der Waals surface area contributed by atoms with Gasteiger partial charge in [0, 0.05) is 12.1 Å². The fraction of sp³-hybridized carbons (Fsp3) is 0.440. The van der Waals surface area contributed by atoms with Crippen molar-refractivity contribution in [3.8, 4) is 23.6 Å². The van der Waals surface area contributed by atoms with Crippen LogP contribution in [0.15, 0.2) is 84.9 Å². The molecular weight excluding hydrogens is 731 g/mol. The van der Waals surface area contributed by atoms with Crippen LogP contribution in [0, 0.1) is 46.1 Å². The zero-order valence-electron chi connectivity index (χ0n) is 34.0. The Morgan fingerprint density at radius 2 is 0.914 bits per heavy atom. The predicted molar refractivity (Wildman–Crippen MR) is 223 cm³/mol. The summed E-state index contributed by atoms with van der Waals surface area (Å²) in [5.41, 5.74) is 3.28. The number of rotatable bonds is 14. The van der Waals surface area contributed by atoms with Gasteiger partial charge in [-0.05, 0) is 135 Å². The van der Waals surface area contributed by atoms with Gasteiger partial charge in [-0.3, -0.25) is 0 Å². The number of hydrogen-bond donors (Lipinski definition) is 0. The van der Waals surface area contributed by atoms with Crippen LogP contribution >= 0.6 is 0 Å². The van der Waals surface area contributed by atoms with Gasteiger partial charge in [0.05, 0.1) is 22.3 Å². The van der Waals surface area contributed by atoms with E-state index in [0.29, 0.717) is 23.0 Å². The van der Waals surface area contributed by atoms with Crippen LogP contribution in [-0.2, 0) is 0 Å².